The van der Waals surface area contributed by atoms with Gasteiger partial charge >= 0.3 is 0 Å². The molecule has 0 aliphatic carbocycles. The van der Waals surface area contributed by atoms with Crippen molar-refractivity contribution in [1.29, 1.82) is 0 Å². The number of hydrogen-bond donors (Lipinski definition) is 0. The molecule has 0 bridgehead atoms. The molecule has 2 aromatic heterocycles. The number of carbonyl (C=O) groups excluding carboxylic acids is 1. The fourth-order valence-corrected chi connectivity index (χ4v) is 1.85. The molecule has 2 rings (SSSR count). The highest BCUT2D eigenvalue weighted by Crippen LogP contribution is 2.14. The van der Waals surface area contributed by atoms with Gasteiger partial charge in [-0.3, -0.25) is 4.79 Å². The Morgan fingerprint density at radius 3 is 2.92 bits per heavy atom. The van der Waals surface area contributed by atoms with Crippen LogP contribution in [0.15, 0.2) is 24.4 Å². The molecule has 0 aliphatic heterocycles. The Morgan fingerprint density at radius 1 is 1.46 bits per heavy atom. The third kappa shape index (κ3) is 1.35. The number of hydrogen-bond acceptors (Lipinski definition) is 2. The number of aromatic nitrogens is 2. The summed E-state index contributed by atoms with van der Waals surface area (Å²) >= 11 is 2.18. The number of ketones is 1. The van der Waals surface area contributed by atoms with Crippen LogP contribution in [0.5, 0.6) is 0 Å². The minimum atomic E-state index is 0.0712. The van der Waals surface area contributed by atoms with E-state index in [2.05, 4.69) is 27.7 Å². The Bertz CT molecular complexity index is 475. The molecule has 0 unspecified atom stereocenters. The lowest BCUT2D eigenvalue weighted by Crippen LogP contribution is -2.00. The minimum absolute atomic E-state index is 0.0712. The van der Waals surface area contributed by atoms with Crippen LogP contribution in [-0.2, 0) is 0 Å². The van der Waals surface area contributed by atoms with Gasteiger partial charge in [-0.15, -0.1) is 0 Å². The second-order valence-electron chi connectivity index (χ2n) is 2.75. The molecule has 0 aliphatic rings. The van der Waals surface area contributed by atoms with Crippen molar-refractivity contribution in [3.05, 3.63) is 33.7 Å². The first kappa shape index (κ1) is 8.68. The average Bonchev–Trinajstić information content (AvgIpc) is 2.53. The summed E-state index contributed by atoms with van der Waals surface area (Å²) in [5, 5.41) is 4.12. The van der Waals surface area contributed by atoms with Crippen molar-refractivity contribution >= 4 is 33.9 Å². The van der Waals surface area contributed by atoms with Gasteiger partial charge in [0.25, 0.3) is 0 Å². The number of rotatable bonds is 1. The number of fused-ring (bicyclic) bond motifs is 1. The lowest BCUT2D eigenvalue weighted by Gasteiger charge is -2.01. The molecule has 0 amide bonds. The van der Waals surface area contributed by atoms with Crippen molar-refractivity contribution in [2.45, 2.75) is 6.92 Å². The van der Waals surface area contributed by atoms with E-state index in [4.69, 9.17) is 0 Å². The number of Topliss-reactive ketones (excluding diaryl/α,β-unsaturated/α-hetero) is 1. The standard InChI is InChI=1S/C9H7IN2O/c1-6(13)7-2-3-9(10)12-8(7)4-5-11-12/h2-5H,1H3. The van der Waals surface area contributed by atoms with E-state index in [9.17, 15) is 4.79 Å². The van der Waals surface area contributed by atoms with Crippen LogP contribution >= 0.6 is 22.6 Å². The Morgan fingerprint density at radius 2 is 2.23 bits per heavy atom. The van der Waals surface area contributed by atoms with E-state index in [-0.39, 0.29) is 5.78 Å². The first-order valence-electron chi connectivity index (χ1n) is 3.83. The van der Waals surface area contributed by atoms with Crippen LogP contribution < -0.4 is 0 Å². The minimum Gasteiger partial charge on any atom is -0.294 e. The van der Waals surface area contributed by atoms with E-state index in [0.29, 0.717) is 0 Å². The predicted molar refractivity (Wildman–Crippen MR) is 57.9 cm³/mol. The molecule has 2 heterocycles. The lowest BCUT2D eigenvalue weighted by molar-refractivity contribution is 0.101. The Balaban J connectivity index is 2.86. The first-order valence-corrected chi connectivity index (χ1v) is 4.91. The van der Waals surface area contributed by atoms with Crippen molar-refractivity contribution in [2.75, 3.05) is 0 Å². The largest absolute Gasteiger partial charge is 0.294 e. The van der Waals surface area contributed by atoms with Crippen molar-refractivity contribution in [3.63, 3.8) is 0 Å². The summed E-state index contributed by atoms with van der Waals surface area (Å²) in [6.07, 6.45) is 1.70. The number of carbonyl (C=O) groups is 1. The van der Waals surface area contributed by atoms with Gasteiger partial charge in [0, 0.05) is 5.56 Å². The maximum Gasteiger partial charge on any atom is 0.161 e. The zero-order chi connectivity index (χ0) is 9.42. The van der Waals surface area contributed by atoms with Gasteiger partial charge in [-0.05, 0) is 47.7 Å². The monoisotopic (exact) mass is 286 g/mol. The highest BCUT2D eigenvalue weighted by molar-refractivity contribution is 14.1. The Hall–Kier alpha value is -0.910. The van der Waals surface area contributed by atoms with Gasteiger partial charge in [0.1, 0.15) is 3.70 Å². The van der Waals surface area contributed by atoms with Gasteiger partial charge in [0.2, 0.25) is 0 Å². The van der Waals surface area contributed by atoms with Crippen molar-refractivity contribution < 1.29 is 4.79 Å². The molecule has 0 spiro atoms. The first-order chi connectivity index (χ1) is 6.20. The van der Waals surface area contributed by atoms with Crippen molar-refractivity contribution in [1.82, 2.24) is 9.61 Å². The van der Waals surface area contributed by atoms with Gasteiger partial charge in [0.15, 0.2) is 5.78 Å². The van der Waals surface area contributed by atoms with Crippen LogP contribution in [0.2, 0.25) is 0 Å². The molecule has 66 valence electrons. The summed E-state index contributed by atoms with van der Waals surface area (Å²) in [4.78, 5) is 11.2. The molecule has 0 saturated carbocycles. The molecule has 0 fully saturated rings. The van der Waals surface area contributed by atoms with E-state index >= 15 is 0 Å². The highest BCUT2D eigenvalue weighted by Gasteiger charge is 2.07. The van der Waals surface area contributed by atoms with E-state index in [1.165, 1.54) is 0 Å². The van der Waals surface area contributed by atoms with Gasteiger partial charge in [0.05, 0.1) is 11.7 Å². The fraction of sp³-hybridized carbons (Fsp3) is 0.111. The maximum atomic E-state index is 11.2. The van der Waals surface area contributed by atoms with Crippen LogP contribution in [0.4, 0.5) is 0 Å². The van der Waals surface area contributed by atoms with E-state index in [0.717, 1.165) is 14.8 Å². The molecule has 13 heavy (non-hydrogen) atoms. The van der Waals surface area contributed by atoms with Crippen LogP contribution in [-0.4, -0.2) is 15.4 Å². The molecule has 4 heteroatoms. The van der Waals surface area contributed by atoms with Gasteiger partial charge in [-0.25, -0.2) is 4.52 Å². The average molecular weight is 286 g/mol. The van der Waals surface area contributed by atoms with E-state index < -0.39 is 0 Å². The molecule has 3 nitrogen and oxygen atoms in total. The summed E-state index contributed by atoms with van der Waals surface area (Å²) in [5.41, 5.74) is 1.59. The predicted octanol–water partition coefficient (Wildman–Crippen LogP) is 2.14. The molecule has 0 aromatic carbocycles. The molecule has 0 atom stereocenters. The fourth-order valence-electron chi connectivity index (χ4n) is 1.28. The summed E-state index contributed by atoms with van der Waals surface area (Å²) < 4.78 is 2.76. The molecular weight excluding hydrogens is 279 g/mol. The van der Waals surface area contributed by atoms with Gasteiger partial charge < -0.3 is 0 Å². The highest BCUT2D eigenvalue weighted by atomic mass is 127. The lowest BCUT2D eigenvalue weighted by atomic mass is 10.1. The Kier molecular flexibility index (Phi) is 2.07. The number of nitrogens with zero attached hydrogens (tertiary/aromatic N) is 2. The summed E-state index contributed by atoms with van der Waals surface area (Å²) in [6, 6.07) is 5.57. The smallest absolute Gasteiger partial charge is 0.161 e. The van der Waals surface area contributed by atoms with E-state index in [1.807, 2.05) is 18.2 Å². The van der Waals surface area contributed by atoms with E-state index in [1.54, 1.807) is 17.6 Å². The van der Waals surface area contributed by atoms with Crippen LogP contribution in [0.1, 0.15) is 17.3 Å². The topological polar surface area (TPSA) is 34.4 Å². The molecule has 0 N–H and O–H groups in total. The Labute approximate surface area is 88.9 Å². The second-order valence-corrected chi connectivity index (χ2v) is 3.86. The SMILES string of the molecule is CC(=O)c1ccc(I)n2nccc12. The number of halogens is 1. The summed E-state index contributed by atoms with van der Waals surface area (Å²) in [6.45, 7) is 1.56. The summed E-state index contributed by atoms with van der Waals surface area (Å²) in [5.74, 6) is 0.0712. The maximum absolute atomic E-state index is 11.2. The number of pyridine rings is 1. The molecule has 0 saturated heterocycles. The second kappa shape index (κ2) is 3.10. The molecular formula is C9H7IN2O. The van der Waals surface area contributed by atoms with Crippen LogP contribution in [0.25, 0.3) is 5.52 Å². The van der Waals surface area contributed by atoms with Crippen molar-refractivity contribution in [3.8, 4) is 0 Å². The molecule has 2 aromatic rings. The van der Waals surface area contributed by atoms with Crippen LogP contribution in [0, 0.1) is 3.70 Å². The quantitative estimate of drug-likeness (QED) is 0.457. The van der Waals surface area contributed by atoms with Gasteiger partial charge in [-0.1, -0.05) is 0 Å². The molecule has 0 radical (unpaired) electrons. The third-order valence-corrected chi connectivity index (χ3v) is 2.70. The zero-order valence-electron chi connectivity index (χ0n) is 6.99. The van der Waals surface area contributed by atoms with Gasteiger partial charge in [-0.2, -0.15) is 5.10 Å². The van der Waals surface area contributed by atoms with Crippen molar-refractivity contribution in [2.24, 2.45) is 0 Å². The van der Waals surface area contributed by atoms with Crippen LogP contribution in [0.3, 0.4) is 0 Å². The third-order valence-electron chi connectivity index (χ3n) is 1.89. The zero-order valence-corrected chi connectivity index (χ0v) is 9.15. The normalized spacial score (nSPS) is 10.6. The summed E-state index contributed by atoms with van der Waals surface area (Å²) in [7, 11) is 0.